The van der Waals surface area contributed by atoms with Crippen LogP contribution in [0, 0.1) is 4.77 Å². The van der Waals surface area contributed by atoms with E-state index in [1.165, 1.54) is 11.1 Å². The number of ether oxygens (including phenoxy) is 2. The molecular weight excluding hydrogens is 450 g/mol. The molecule has 0 aliphatic carbocycles. The number of aryl methyl sites for hydroxylation is 1. The first-order chi connectivity index (χ1) is 16.5. The number of benzene rings is 2. The summed E-state index contributed by atoms with van der Waals surface area (Å²) in [4.78, 5) is 15.6. The van der Waals surface area contributed by atoms with E-state index in [1.807, 2.05) is 33.3 Å². The second-order valence-electron chi connectivity index (χ2n) is 8.66. The first kappa shape index (κ1) is 22.6. The number of methoxy groups -OCH3 is 2. The van der Waals surface area contributed by atoms with E-state index < -0.39 is 0 Å². The van der Waals surface area contributed by atoms with Gasteiger partial charge in [0.1, 0.15) is 0 Å². The molecule has 0 N–H and O–H groups in total. The maximum Gasteiger partial charge on any atom is 0.262 e. The van der Waals surface area contributed by atoms with Gasteiger partial charge in [0.2, 0.25) is 10.5 Å². The van der Waals surface area contributed by atoms with Crippen molar-refractivity contribution in [2.75, 3.05) is 20.8 Å². The molecule has 2 aromatic carbocycles. The summed E-state index contributed by atoms with van der Waals surface area (Å²) in [6, 6.07) is 11.7. The highest BCUT2D eigenvalue weighted by Crippen LogP contribution is 2.33. The lowest BCUT2D eigenvalue weighted by Gasteiger charge is -2.29. The van der Waals surface area contributed by atoms with E-state index in [1.54, 1.807) is 18.8 Å². The van der Waals surface area contributed by atoms with Crippen LogP contribution in [0.3, 0.4) is 0 Å². The molecule has 1 aliphatic heterocycles. The van der Waals surface area contributed by atoms with Crippen molar-refractivity contribution >= 4 is 28.9 Å². The molecule has 0 saturated carbocycles. The lowest BCUT2D eigenvalue weighted by atomic mass is 9.99. The molecule has 0 amide bonds. The van der Waals surface area contributed by atoms with Crippen molar-refractivity contribution in [3.63, 3.8) is 0 Å². The minimum atomic E-state index is -0.0170. The van der Waals surface area contributed by atoms with E-state index >= 15 is 0 Å². The summed E-state index contributed by atoms with van der Waals surface area (Å²) < 4.78 is 17.1. The molecule has 8 nitrogen and oxygen atoms in total. The quantitative estimate of drug-likeness (QED) is 0.373. The Hall–Kier alpha value is -3.17. The molecule has 0 fully saturated rings. The summed E-state index contributed by atoms with van der Waals surface area (Å²) in [6.07, 6.45) is 2.80. The van der Waals surface area contributed by atoms with Gasteiger partial charge in [-0.2, -0.15) is 0 Å². The molecule has 178 valence electrons. The van der Waals surface area contributed by atoms with Gasteiger partial charge in [-0.1, -0.05) is 25.5 Å². The Labute approximate surface area is 202 Å². The number of unbranched alkanes of at least 4 members (excludes halogenated alkanes) is 1. The molecule has 0 atom stereocenters. The van der Waals surface area contributed by atoms with Crippen LogP contribution in [0.25, 0.3) is 16.7 Å². The Balaban J connectivity index is 1.54. The highest BCUT2D eigenvalue weighted by atomic mass is 32.1. The summed E-state index contributed by atoms with van der Waals surface area (Å²) in [7, 11) is 3.32. The Morgan fingerprint density at radius 3 is 2.56 bits per heavy atom. The average Bonchev–Trinajstić information content (AvgIpc) is 3.18. The Morgan fingerprint density at radius 1 is 1.09 bits per heavy atom. The molecule has 4 aromatic rings. The third-order valence-corrected chi connectivity index (χ3v) is 6.94. The van der Waals surface area contributed by atoms with Gasteiger partial charge in [-0.25, -0.2) is 4.68 Å². The third kappa shape index (κ3) is 3.78. The summed E-state index contributed by atoms with van der Waals surface area (Å²) in [5.74, 6) is 2.10. The van der Waals surface area contributed by atoms with Gasteiger partial charge in [0.25, 0.3) is 5.56 Å². The second kappa shape index (κ2) is 9.23. The van der Waals surface area contributed by atoms with Gasteiger partial charge < -0.3 is 9.47 Å². The molecule has 34 heavy (non-hydrogen) atoms. The molecule has 0 spiro atoms. The second-order valence-corrected chi connectivity index (χ2v) is 9.03. The normalized spacial score (nSPS) is 14.0. The fourth-order valence-electron chi connectivity index (χ4n) is 4.73. The van der Waals surface area contributed by atoms with Gasteiger partial charge >= 0.3 is 0 Å². The Bertz CT molecular complexity index is 1490. The fourth-order valence-corrected chi connectivity index (χ4v) is 5.01. The lowest BCUT2D eigenvalue weighted by Crippen LogP contribution is -2.32. The molecule has 3 heterocycles. The van der Waals surface area contributed by atoms with Crippen molar-refractivity contribution in [1.82, 2.24) is 23.6 Å². The number of rotatable bonds is 7. The molecule has 0 saturated heterocycles. The molecule has 0 bridgehead atoms. The zero-order valence-electron chi connectivity index (χ0n) is 19.8. The summed E-state index contributed by atoms with van der Waals surface area (Å²) in [5, 5.41) is 5.50. The van der Waals surface area contributed by atoms with Gasteiger partial charge in [0.05, 0.1) is 31.8 Å². The molecule has 0 radical (unpaired) electrons. The van der Waals surface area contributed by atoms with Crippen LogP contribution in [0.2, 0.25) is 0 Å². The van der Waals surface area contributed by atoms with Gasteiger partial charge in [0, 0.05) is 19.6 Å². The molecule has 1 aliphatic rings. The maximum absolute atomic E-state index is 13.2. The first-order valence-corrected chi connectivity index (χ1v) is 12.0. The Morgan fingerprint density at radius 2 is 1.82 bits per heavy atom. The summed E-state index contributed by atoms with van der Waals surface area (Å²) in [5.41, 5.74) is 3.26. The molecule has 5 rings (SSSR count). The van der Waals surface area contributed by atoms with Crippen molar-refractivity contribution in [3.8, 4) is 11.5 Å². The highest BCUT2D eigenvalue weighted by Gasteiger charge is 2.22. The minimum absolute atomic E-state index is 0.0170. The fraction of sp³-hybridized carbons (Fsp3) is 0.400. The van der Waals surface area contributed by atoms with E-state index in [4.69, 9.17) is 26.8 Å². The van der Waals surface area contributed by atoms with Crippen LogP contribution in [0.1, 0.15) is 30.9 Å². The third-order valence-electron chi connectivity index (χ3n) is 6.55. The summed E-state index contributed by atoms with van der Waals surface area (Å²) in [6.45, 7) is 4.92. The van der Waals surface area contributed by atoms with Gasteiger partial charge in [-0.3, -0.25) is 18.7 Å². The smallest absolute Gasteiger partial charge is 0.262 e. The topological polar surface area (TPSA) is 65.9 Å². The number of nitrogens with zero attached hydrogens (tertiary/aromatic N) is 5. The average molecular weight is 480 g/mol. The zero-order chi connectivity index (χ0) is 23.8. The van der Waals surface area contributed by atoms with Crippen molar-refractivity contribution in [2.45, 2.75) is 45.9 Å². The number of hydrogen-bond acceptors (Lipinski definition) is 6. The Kier molecular flexibility index (Phi) is 6.14. The van der Waals surface area contributed by atoms with Crippen molar-refractivity contribution < 1.29 is 9.47 Å². The van der Waals surface area contributed by atoms with E-state index in [-0.39, 0.29) is 5.56 Å². The minimum Gasteiger partial charge on any atom is -0.493 e. The number of aromatic nitrogens is 4. The standard InChI is InChI=1S/C25H29N5O3S/c1-4-5-11-28-23(31)19-8-6-7-9-20(19)30-24(28)26-29(25(30)34)16-27-12-10-17-13-21(32-2)22(33-3)14-18(17)15-27/h6-9,13-14H,4-5,10-12,15-16H2,1-3H3. The van der Waals surface area contributed by atoms with Crippen LogP contribution in [0.15, 0.2) is 41.2 Å². The van der Waals surface area contributed by atoms with Crippen LogP contribution in [-0.4, -0.2) is 44.4 Å². The monoisotopic (exact) mass is 479 g/mol. The van der Waals surface area contributed by atoms with E-state index in [2.05, 4.69) is 24.0 Å². The molecule has 0 unspecified atom stereocenters. The van der Waals surface area contributed by atoms with Crippen molar-refractivity contribution in [2.24, 2.45) is 0 Å². The van der Waals surface area contributed by atoms with Crippen LogP contribution >= 0.6 is 12.2 Å². The first-order valence-electron chi connectivity index (χ1n) is 11.6. The van der Waals surface area contributed by atoms with Gasteiger partial charge in [0.15, 0.2) is 11.5 Å². The molecular formula is C25H29N5O3S. The van der Waals surface area contributed by atoms with Crippen molar-refractivity contribution in [3.05, 3.63) is 62.6 Å². The van der Waals surface area contributed by atoms with Crippen LogP contribution in [0.5, 0.6) is 11.5 Å². The van der Waals surface area contributed by atoms with E-state index in [0.29, 0.717) is 29.1 Å². The van der Waals surface area contributed by atoms with Gasteiger partial charge in [-0.15, -0.1) is 5.10 Å². The zero-order valence-corrected chi connectivity index (χ0v) is 20.6. The maximum atomic E-state index is 13.2. The molecule has 9 heteroatoms. The summed E-state index contributed by atoms with van der Waals surface area (Å²) >= 11 is 5.87. The molecule has 2 aromatic heterocycles. The number of fused-ring (bicyclic) bond motifs is 4. The largest absolute Gasteiger partial charge is 0.493 e. The van der Waals surface area contributed by atoms with Crippen LogP contribution in [0.4, 0.5) is 0 Å². The number of hydrogen-bond donors (Lipinski definition) is 0. The van der Waals surface area contributed by atoms with Crippen LogP contribution in [-0.2, 0) is 26.2 Å². The lowest BCUT2D eigenvalue weighted by molar-refractivity contribution is 0.188. The predicted octanol–water partition coefficient (Wildman–Crippen LogP) is 4.01. The van der Waals surface area contributed by atoms with E-state index in [9.17, 15) is 4.79 Å². The number of para-hydroxylation sites is 1. The van der Waals surface area contributed by atoms with Crippen molar-refractivity contribution in [1.29, 1.82) is 0 Å². The van der Waals surface area contributed by atoms with E-state index in [0.717, 1.165) is 49.4 Å². The predicted molar refractivity (Wildman–Crippen MR) is 134 cm³/mol. The van der Waals surface area contributed by atoms with Gasteiger partial charge in [-0.05, 0) is 60.5 Å². The SMILES string of the molecule is CCCCn1c(=O)c2ccccc2n2c(=S)n(CN3CCc4cc(OC)c(OC)cc4C3)nc12. The highest BCUT2D eigenvalue weighted by molar-refractivity contribution is 7.71. The van der Waals surface area contributed by atoms with Crippen LogP contribution < -0.4 is 15.0 Å².